The van der Waals surface area contributed by atoms with Gasteiger partial charge in [-0.15, -0.1) is 0 Å². The molecule has 1 atom stereocenters. The highest BCUT2D eigenvalue weighted by molar-refractivity contribution is 6.31. The van der Waals surface area contributed by atoms with Gasteiger partial charge in [0.25, 0.3) is 0 Å². The Morgan fingerprint density at radius 1 is 1.08 bits per heavy atom. The van der Waals surface area contributed by atoms with Crippen molar-refractivity contribution in [3.8, 4) is 0 Å². The maximum Gasteiger partial charge on any atom is 0.132 e. The van der Waals surface area contributed by atoms with E-state index in [-0.39, 0.29) is 0 Å². The highest BCUT2D eigenvalue weighted by Crippen LogP contribution is 2.40. The minimum atomic E-state index is -0.527. The molecule has 4 N–H and O–H groups in total. The molecule has 1 aliphatic heterocycles. The number of nitrogen functional groups attached to an aromatic ring is 1. The topological polar surface area (TPSA) is 62.4 Å². The summed E-state index contributed by atoms with van der Waals surface area (Å²) in [4.78, 5) is 5.14. The number of benzene rings is 2. The number of amidine groups is 1. The van der Waals surface area contributed by atoms with Crippen molar-refractivity contribution in [1.29, 1.82) is 0 Å². The third-order valence-corrected chi connectivity index (χ3v) is 5.71. The number of halogens is 1. The normalized spacial score (nSPS) is 24.6. The second kappa shape index (κ2) is 6.84. The van der Waals surface area contributed by atoms with Gasteiger partial charge in [0.15, 0.2) is 0 Å². The lowest BCUT2D eigenvalue weighted by Gasteiger charge is -2.40. The smallest absolute Gasteiger partial charge is 0.132 e. The van der Waals surface area contributed by atoms with E-state index in [4.69, 9.17) is 22.3 Å². The van der Waals surface area contributed by atoms with Crippen molar-refractivity contribution in [2.45, 2.75) is 50.6 Å². The number of fused-ring (bicyclic) bond motifs is 1. The van der Waals surface area contributed by atoms with Crippen LogP contribution in [0.15, 0.2) is 47.5 Å². The van der Waals surface area contributed by atoms with Gasteiger partial charge in [-0.2, -0.15) is 0 Å². The highest BCUT2D eigenvalue weighted by atomic mass is 35.5. The van der Waals surface area contributed by atoms with Crippen LogP contribution >= 0.6 is 11.6 Å². The summed E-state index contributed by atoms with van der Waals surface area (Å²) in [5.74, 6) is 0.928. The minimum Gasteiger partial charge on any atom is -0.398 e. The molecule has 2 aromatic rings. The van der Waals surface area contributed by atoms with Gasteiger partial charge in [0.1, 0.15) is 11.4 Å². The van der Waals surface area contributed by atoms with Crippen LogP contribution in [0, 0.1) is 0 Å². The average molecular weight is 369 g/mol. The molecule has 0 saturated heterocycles. The first kappa shape index (κ1) is 17.2. The number of hydrogen-bond acceptors (Lipinski definition) is 3. The van der Waals surface area contributed by atoms with Crippen LogP contribution in [-0.2, 0) is 5.54 Å². The molecule has 4 rings (SSSR count). The summed E-state index contributed by atoms with van der Waals surface area (Å²) in [5, 5.41) is 7.92. The van der Waals surface area contributed by atoms with Gasteiger partial charge in [-0.1, -0.05) is 49.1 Å². The molecule has 1 unspecified atom stereocenters. The fraction of sp³-hybridized carbons (Fsp3) is 0.381. The first-order valence-electron chi connectivity index (χ1n) is 9.34. The SMILES string of the molecule is CC1(c2ccccc2N)Nc2cc(Cl)ccc2NC1=NC1CCCCC1. The van der Waals surface area contributed by atoms with Gasteiger partial charge in [-0.3, -0.25) is 4.99 Å². The largest absolute Gasteiger partial charge is 0.398 e. The van der Waals surface area contributed by atoms with Gasteiger partial charge in [0.2, 0.25) is 0 Å². The van der Waals surface area contributed by atoms with Crippen LogP contribution in [0.25, 0.3) is 0 Å². The van der Waals surface area contributed by atoms with Crippen LogP contribution < -0.4 is 16.4 Å². The molecule has 4 nitrogen and oxygen atoms in total. The Morgan fingerprint density at radius 3 is 2.62 bits per heavy atom. The van der Waals surface area contributed by atoms with Gasteiger partial charge < -0.3 is 16.4 Å². The molecular formula is C21H25ClN4. The molecule has 1 saturated carbocycles. The van der Waals surface area contributed by atoms with E-state index in [2.05, 4.69) is 23.6 Å². The molecule has 2 aliphatic rings. The number of nitrogens with one attached hydrogen (secondary N) is 2. The Hall–Kier alpha value is -2.20. The molecule has 1 fully saturated rings. The van der Waals surface area contributed by atoms with Crippen LogP contribution in [0.4, 0.5) is 17.1 Å². The number of anilines is 3. The zero-order chi connectivity index (χ0) is 18.1. The maximum atomic E-state index is 6.33. The van der Waals surface area contributed by atoms with E-state index in [1.165, 1.54) is 19.3 Å². The lowest BCUT2D eigenvalue weighted by Crippen LogP contribution is -2.48. The van der Waals surface area contributed by atoms with Crippen molar-refractivity contribution in [1.82, 2.24) is 0 Å². The first-order chi connectivity index (χ1) is 12.6. The zero-order valence-electron chi connectivity index (χ0n) is 15.1. The summed E-state index contributed by atoms with van der Waals surface area (Å²) in [6.07, 6.45) is 6.13. The average Bonchev–Trinajstić information content (AvgIpc) is 2.64. The molecule has 5 heteroatoms. The third-order valence-electron chi connectivity index (χ3n) is 5.48. The van der Waals surface area contributed by atoms with Crippen molar-refractivity contribution < 1.29 is 0 Å². The number of rotatable bonds is 2. The summed E-state index contributed by atoms with van der Waals surface area (Å²) in [5.41, 5.74) is 9.54. The number of hydrogen-bond donors (Lipinski definition) is 3. The van der Waals surface area contributed by atoms with E-state index in [0.717, 1.165) is 41.3 Å². The molecule has 1 heterocycles. The summed E-state index contributed by atoms with van der Waals surface area (Å²) in [7, 11) is 0. The number of aliphatic imine (C=N–C) groups is 1. The van der Waals surface area contributed by atoms with Crippen LogP contribution in [0.3, 0.4) is 0 Å². The number of nitrogens with two attached hydrogens (primary N) is 1. The van der Waals surface area contributed by atoms with E-state index in [0.29, 0.717) is 11.1 Å². The summed E-state index contributed by atoms with van der Waals surface area (Å²) in [6.45, 7) is 2.14. The fourth-order valence-electron chi connectivity index (χ4n) is 4.01. The molecular weight excluding hydrogens is 344 g/mol. The molecule has 0 radical (unpaired) electrons. The van der Waals surface area contributed by atoms with Crippen LogP contribution in [0.1, 0.15) is 44.6 Å². The number of nitrogens with zero attached hydrogens (tertiary/aromatic N) is 1. The zero-order valence-corrected chi connectivity index (χ0v) is 15.8. The Morgan fingerprint density at radius 2 is 1.85 bits per heavy atom. The van der Waals surface area contributed by atoms with Crippen molar-refractivity contribution in [3.63, 3.8) is 0 Å². The van der Waals surface area contributed by atoms with Crippen LogP contribution in [0.5, 0.6) is 0 Å². The first-order valence-corrected chi connectivity index (χ1v) is 9.72. The summed E-state index contributed by atoms with van der Waals surface area (Å²) >= 11 is 6.22. The molecule has 0 spiro atoms. The van der Waals surface area contributed by atoms with Crippen molar-refractivity contribution in [3.05, 3.63) is 53.1 Å². The van der Waals surface area contributed by atoms with Crippen LogP contribution in [0.2, 0.25) is 5.02 Å². The van der Waals surface area contributed by atoms with Gasteiger partial charge in [-0.25, -0.2) is 0 Å². The van der Waals surface area contributed by atoms with E-state index in [9.17, 15) is 0 Å². The van der Waals surface area contributed by atoms with E-state index >= 15 is 0 Å². The van der Waals surface area contributed by atoms with Crippen molar-refractivity contribution in [2.75, 3.05) is 16.4 Å². The van der Waals surface area contributed by atoms with Gasteiger partial charge in [0.05, 0.1) is 17.4 Å². The van der Waals surface area contributed by atoms with E-state index < -0.39 is 5.54 Å². The monoisotopic (exact) mass is 368 g/mol. The molecule has 136 valence electrons. The second-order valence-corrected chi connectivity index (χ2v) is 7.86. The van der Waals surface area contributed by atoms with Crippen molar-refractivity contribution >= 4 is 34.5 Å². The predicted octanol–water partition coefficient (Wildman–Crippen LogP) is 5.41. The molecule has 26 heavy (non-hydrogen) atoms. The minimum absolute atomic E-state index is 0.367. The van der Waals surface area contributed by atoms with E-state index in [1.807, 2.05) is 36.4 Å². The van der Waals surface area contributed by atoms with Gasteiger partial charge in [0, 0.05) is 16.3 Å². The molecule has 2 aromatic carbocycles. The van der Waals surface area contributed by atoms with Crippen LogP contribution in [-0.4, -0.2) is 11.9 Å². The van der Waals surface area contributed by atoms with Gasteiger partial charge >= 0.3 is 0 Å². The lowest BCUT2D eigenvalue weighted by atomic mass is 9.86. The predicted molar refractivity (Wildman–Crippen MR) is 111 cm³/mol. The Labute approximate surface area is 159 Å². The lowest BCUT2D eigenvalue weighted by molar-refractivity contribution is 0.441. The second-order valence-electron chi connectivity index (χ2n) is 7.42. The molecule has 0 amide bonds. The Bertz CT molecular complexity index is 842. The Balaban J connectivity index is 1.81. The highest BCUT2D eigenvalue weighted by Gasteiger charge is 2.39. The maximum absolute atomic E-state index is 6.33. The van der Waals surface area contributed by atoms with Gasteiger partial charge in [-0.05, 0) is 44.0 Å². The quantitative estimate of drug-likeness (QED) is 0.621. The standard InChI is InChI=1S/C21H25ClN4/c1-21(16-9-5-6-10-17(16)23)20(24-15-7-3-2-4-8-15)25-18-12-11-14(22)13-19(18)26-21/h5-6,9-13,15,26H,2-4,7-8,23H2,1H3,(H,24,25). The molecule has 0 aromatic heterocycles. The molecule has 1 aliphatic carbocycles. The Kier molecular flexibility index (Phi) is 4.53. The fourth-order valence-corrected chi connectivity index (χ4v) is 4.18. The summed E-state index contributed by atoms with van der Waals surface area (Å²) in [6, 6.07) is 14.2. The molecule has 0 bridgehead atoms. The van der Waals surface area contributed by atoms with E-state index in [1.54, 1.807) is 0 Å². The third kappa shape index (κ3) is 3.14. The summed E-state index contributed by atoms with van der Waals surface area (Å²) < 4.78 is 0. The number of para-hydroxylation sites is 1. The van der Waals surface area contributed by atoms with Crippen molar-refractivity contribution in [2.24, 2.45) is 4.99 Å².